The van der Waals surface area contributed by atoms with E-state index in [0.717, 1.165) is 24.0 Å². The predicted molar refractivity (Wildman–Crippen MR) is 76.6 cm³/mol. The predicted octanol–water partition coefficient (Wildman–Crippen LogP) is 4.48. The van der Waals surface area contributed by atoms with Crippen molar-refractivity contribution in [1.82, 2.24) is 0 Å². The normalized spacial score (nSPS) is 27.8. The molecule has 19 heavy (non-hydrogen) atoms. The van der Waals surface area contributed by atoms with E-state index in [4.69, 9.17) is 0 Å². The zero-order valence-corrected chi connectivity index (χ0v) is 12.5. The third-order valence-electron chi connectivity index (χ3n) is 4.61. The van der Waals surface area contributed by atoms with Crippen LogP contribution in [-0.2, 0) is 5.60 Å². The number of benzene rings is 1. The molecule has 0 heterocycles. The van der Waals surface area contributed by atoms with Gasteiger partial charge in [-0.1, -0.05) is 19.9 Å². The Balaban J connectivity index is 2.39. The SMILES string of the molecule is Cc1cc(C)c(C2(O)CCCC(C(C)C)C2)c(F)c1. The Morgan fingerprint density at radius 1 is 1.32 bits per heavy atom. The van der Waals surface area contributed by atoms with Crippen LogP contribution in [0.15, 0.2) is 12.1 Å². The molecule has 2 heteroatoms. The van der Waals surface area contributed by atoms with Crippen LogP contribution in [0.5, 0.6) is 0 Å². The van der Waals surface area contributed by atoms with E-state index in [-0.39, 0.29) is 5.82 Å². The fourth-order valence-electron chi connectivity index (χ4n) is 3.60. The maximum Gasteiger partial charge on any atom is 0.129 e. The Bertz CT molecular complexity index is 443. The number of aliphatic hydroxyl groups is 1. The van der Waals surface area contributed by atoms with Crippen molar-refractivity contribution in [1.29, 1.82) is 0 Å². The van der Waals surface area contributed by atoms with Crippen molar-refractivity contribution in [3.63, 3.8) is 0 Å². The fraction of sp³-hybridized carbons (Fsp3) is 0.647. The molecule has 0 spiro atoms. The molecule has 1 aliphatic carbocycles. The van der Waals surface area contributed by atoms with E-state index in [1.54, 1.807) is 6.07 Å². The third-order valence-corrected chi connectivity index (χ3v) is 4.61. The van der Waals surface area contributed by atoms with Crippen LogP contribution in [0.1, 0.15) is 56.2 Å². The van der Waals surface area contributed by atoms with Crippen molar-refractivity contribution >= 4 is 0 Å². The van der Waals surface area contributed by atoms with Gasteiger partial charge < -0.3 is 5.11 Å². The molecule has 0 radical (unpaired) electrons. The quantitative estimate of drug-likeness (QED) is 0.835. The van der Waals surface area contributed by atoms with E-state index < -0.39 is 5.60 Å². The molecule has 106 valence electrons. The molecule has 2 atom stereocenters. The molecule has 2 rings (SSSR count). The van der Waals surface area contributed by atoms with Crippen LogP contribution in [0.3, 0.4) is 0 Å². The summed E-state index contributed by atoms with van der Waals surface area (Å²) >= 11 is 0. The van der Waals surface area contributed by atoms with Gasteiger partial charge in [-0.25, -0.2) is 4.39 Å². The van der Waals surface area contributed by atoms with Gasteiger partial charge >= 0.3 is 0 Å². The van der Waals surface area contributed by atoms with E-state index in [1.807, 2.05) is 19.9 Å². The highest BCUT2D eigenvalue weighted by Crippen LogP contribution is 2.44. The van der Waals surface area contributed by atoms with Crippen molar-refractivity contribution in [2.75, 3.05) is 0 Å². The van der Waals surface area contributed by atoms with E-state index in [1.165, 1.54) is 0 Å². The van der Waals surface area contributed by atoms with E-state index in [9.17, 15) is 9.50 Å². The van der Waals surface area contributed by atoms with Crippen molar-refractivity contribution in [3.05, 3.63) is 34.6 Å². The lowest BCUT2D eigenvalue weighted by Crippen LogP contribution is -2.36. The largest absolute Gasteiger partial charge is 0.385 e. The summed E-state index contributed by atoms with van der Waals surface area (Å²) in [5.41, 5.74) is 1.35. The molecule has 2 unspecified atom stereocenters. The molecule has 1 aliphatic rings. The van der Waals surface area contributed by atoms with E-state index in [2.05, 4.69) is 13.8 Å². The Kier molecular flexibility index (Phi) is 4.00. The van der Waals surface area contributed by atoms with Gasteiger partial charge in [-0.3, -0.25) is 0 Å². The lowest BCUT2D eigenvalue weighted by Gasteiger charge is -2.40. The lowest BCUT2D eigenvalue weighted by atomic mass is 9.70. The third kappa shape index (κ3) is 2.84. The highest BCUT2D eigenvalue weighted by atomic mass is 19.1. The Morgan fingerprint density at radius 3 is 2.58 bits per heavy atom. The number of aryl methyl sites for hydroxylation is 2. The van der Waals surface area contributed by atoms with Gasteiger partial charge in [-0.05, 0) is 68.6 Å². The van der Waals surface area contributed by atoms with Crippen molar-refractivity contribution in [3.8, 4) is 0 Å². The molecular formula is C17H25FO. The van der Waals surface area contributed by atoms with Gasteiger partial charge in [-0.15, -0.1) is 0 Å². The lowest BCUT2D eigenvalue weighted by molar-refractivity contribution is -0.0326. The van der Waals surface area contributed by atoms with Gasteiger partial charge in [0.1, 0.15) is 5.82 Å². The maximum atomic E-state index is 14.3. The number of rotatable bonds is 2. The first kappa shape index (κ1) is 14.5. The van der Waals surface area contributed by atoms with Crippen LogP contribution in [0.4, 0.5) is 4.39 Å². The molecule has 0 aromatic heterocycles. The first-order valence-electron chi connectivity index (χ1n) is 7.33. The van der Waals surface area contributed by atoms with Crippen LogP contribution < -0.4 is 0 Å². The molecule has 1 saturated carbocycles. The molecule has 1 N–H and O–H groups in total. The summed E-state index contributed by atoms with van der Waals surface area (Å²) in [5, 5.41) is 11.0. The zero-order valence-electron chi connectivity index (χ0n) is 12.5. The van der Waals surface area contributed by atoms with Crippen molar-refractivity contribution in [2.45, 2.75) is 59.0 Å². The van der Waals surface area contributed by atoms with E-state index >= 15 is 0 Å². The van der Waals surface area contributed by atoms with Gasteiger partial charge in [0.2, 0.25) is 0 Å². The minimum atomic E-state index is -0.977. The summed E-state index contributed by atoms with van der Waals surface area (Å²) < 4.78 is 14.3. The summed E-state index contributed by atoms with van der Waals surface area (Å²) in [6.07, 6.45) is 3.49. The van der Waals surface area contributed by atoms with Crippen LogP contribution >= 0.6 is 0 Å². The number of hydrogen-bond acceptors (Lipinski definition) is 1. The average molecular weight is 264 g/mol. The molecule has 0 bridgehead atoms. The van der Waals surface area contributed by atoms with Crippen LogP contribution in [0, 0.1) is 31.5 Å². The maximum absolute atomic E-state index is 14.3. The zero-order chi connectivity index (χ0) is 14.2. The smallest absolute Gasteiger partial charge is 0.129 e. The monoisotopic (exact) mass is 264 g/mol. The minimum absolute atomic E-state index is 0.246. The second-order valence-electron chi connectivity index (χ2n) is 6.57. The fourth-order valence-corrected chi connectivity index (χ4v) is 3.60. The minimum Gasteiger partial charge on any atom is -0.385 e. The number of halogens is 1. The Hall–Kier alpha value is -0.890. The average Bonchev–Trinajstić information content (AvgIpc) is 2.26. The molecule has 0 saturated heterocycles. The summed E-state index contributed by atoms with van der Waals surface area (Å²) in [4.78, 5) is 0. The summed E-state index contributed by atoms with van der Waals surface area (Å²) in [6.45, 7) is 8.17. The van der Waals surface area contributed by atoms with Gasteiger partial charge in [0.25, 0.3) is 0 Å². The first-order chi connectivity index (χ1) is 8.83. The molecule has 0 aliphatic heterocycles. The van der Waals surface area contributed by atoms with Crippen LogP contribution in [-0.4, -0.2) is 5.11 Å². The summed E-state index contributed by atoms with van der Waals surface area (Å²) in [5.74, 6) is 0.781. The van der Waals surface area contributed by atoms with Crippen molar-refractivity contribution in [2.24, 2.45) is 11.8 Å². The van der Waals surface area contributed by atoms with Gasteiger partial charge in [0.05, 0.1) is 5.60 Å². The Morgan fingerprint density at radius 2 is 2.00 bits per heavy atom. The van der Waals surface area contributed by atoms with Crippen molar-refractivity contribution < 1.29 is 9.50 Å². The second kappa shape index (κ2) is 5.24. The van der Waals surface area contributed by atoms with Gasteiger partial charge in [0.15, 0.2) is 0 Å². The summed E-state index contributed by atoms with van der Waals surface area (Å²) in [7, 11) is 0. The van der Waals surface area contributed by atoms with Crippen LogP contribution in [0.2, 0.25) is 0 Å². The molecule has 0 amide bonds. The van der Waals surface area contributed by atoms with E-state index in [0.29, 0.717) is 30.2 Å². The summed E-state index contributed by atoms with van der Waals surface area (Å²) in [6, 6.07) is 3.51. The number of hydrogen-bond donors (Lipinski definition) is 1. The highest BCUT2D eigenvalue weighted by molar-refractivity contribution is 5.36. The molecule has 1 nitrogen and oxygen atoms in total. The highest BCUT2D eigenvalue weighted by Gasteiger charge is 2.39. The standard InChI is InChI=1S/C17H25FO/c1-11(2)14-6-5-7-17(19,10-14)16-13(4)8-12(3)9-15(16)18/h8-9,11,14,19H,5-7,10H2,1-4H3. The van der Waals surface area contributed by atoms with Gasteiger partial charge in [-0.2, -0.15) is 0 Å². The molecule has 1 fully saturated rings. The first-order valence-corrected chi connectivity index (χ1v) is 7.33. The molecular weight excluding hydrogens is 239 g/mol. The van der Waals surface area contributed by atoms with Crippen LogP contribution in [0.25, 0.3) is 0 Å². The molecule has 1 aromatic rings. The Labute approximate surface area is 115 Å². The van der Waals surface area contributed by atoms with Gasteiger partial charge in [0, 0.05) is 5.56 Å². The topological polar surface area (TPSA) is 20.2 Å². The molecule has 1 aromatic carbocycles. The second-order valence-corrected chi connectivity index (χ2v) is 6.57.